The smallest absolute Gasteiger partial charge is 0.0610 e. The maximum atomic E-state index is 9.60. The predicted molar refractivity (Wildman–Crippen MR) is 82.1 cm³/mol. The van der Waals surface area contributed by atoms with Crippen LogP contribution in [0.25, 0.3) is 0 Å². The first-order chi connectivity index (χ1) is 9.20. The summed E-state index contributed by atoms with van der Waals surface area (Å²) < 4.78 is 0. The van der Waals surface area contributed by atoms with E-state index >= 15 is 0 Å². The average molecular weight is 263 g/mol. The zero-order valence-electron chi connectivity index (χ0n) is 12.5. The minimum Gasteiger partial charge on any atom is -0.394 e. The van der Waals surface area contributed by atoms with Crippen LogP contribution in [-0.2, 0) is 6.54 Å². The third-order valence-corrected chi connectivity index (χ3v) is 3.74. The number of rotatable bonds is 10. The van der Waals surface area contributed by atoms with Crippen LogP contribution in [0.4, 0.5) is 0 Å². The Morgan fingerprint density at radius 1 is 1.05 bits per heavy atom. The van der Waals surface area contributed by atoms with E-state index in [1.165, 1.54) is 37.7 Å². The van der Waals surface area contributed by atoms with Crippen LogP contribution >= 0.6 is 0 Å². The second-order valence-corrected chi connectivity index (χ2v) is 5.72. The van der Waals surface area contributed by atoms with Crippen LogP contribution in [0.5, 0.6) is 0 Å². The Morgan fingerprint density at radius 3 is 2.37 bits per heavy atom. The van der Waals surface area contributed by atoms with Crippen molar-refractivity contribution in [3.8, 4) is 0 Å². The van der Waals surface area contributed by atoms with Gasteiger partial charge in [0.2, 0.25) is 0 Å². The van der Waals surface area contributed by atoms with E-state index in [1.54, 1.807) is 0 Å². The molecule has 19 heavy (non-hydrogen) atoms. The predicted octanol–water partition coefficient (Wildman–Crippen LogP) is 3.89. The van der Waals surface area contributed by atoms with Crippen molar-refractivity contribution in [2.75, 3.05) is 6.61 Å². The van der Waals surface area contributed by atoms with Gasteiger partial charge in [0.05, 0.1) is 6.61 Å². The molecule has 0 aliphatic carbocycles. The van der Waals surface area contributed by atoms with E-state index in [4.69, 9.17) is 0 Å². The summed E-state index contributed by atoms with van der Waals surface area (Å²) >= 11 is 0. The Morgan fingerprint density at radius 2 is 1.74 bits per heavy atom. The fraction of sp³-hybridized carbons (Fsp3) is 0.647. The monoisotopic (exact) mass is 263 g/mol. The SMILES string of the molecule is CCCCCCCC(C)(CO)NCc1ccccc1. The maximum Gasteiger partial charge on any atom is 0.0610 e. The Labute approximate surface area is 118 Å². The largest absolute Gasteiger partial charge is 0.394 e. The quantitative estimate of drug-likeness (QED) is 0.628. The standard InChI is InChI=1S/C17H29NO/c1-3-4-5-6-10-13-17(2,15-19)18-14-16-11-8-7-9-12-16/h7-9,11-12,18-19H,3-6,10,13-15H2,1-2H3. The first-order valence-corrected chi connectivity index (χ1v) is 7.60. The Hall–Kier alpha value is -0.860. The van der Waals surface area contributed by atoms with Crippen LogP contribution in [0.3, 0.4) is 0 Å². The molecule has 1 aromatic carbocycles. The molecule has 1 rings (SSSR count). The maximum absolute atomic E-state index is 9.60. The molecule has 0 aromatic heterocycles. The Kier molecular flexibility index (Phi) is 7.76. The fourth-order valence-electron chi connectivity index (χ4n) is 2.25. The van der Waals surface area contributed by atoms with Gasteiger partial charge >= 0.3 is 0 Å². The van der Waals surface area contributed by atoms with Crippen LogP contribution in [0.2, 0.25) is 0 Å². The van der Waals surface area contributed by atoms with E-state index in [9.17, 15) is 5.11 Å². The topological polar surface area (TPSA) is 32.3 Å². The van der Waals surface area contributed by atoms with Crippen LogP contribution in [0.1, 0.15) is 57.9 Å². The fourth-order valence-corrected chi connectivity index (χ4v) is 2.25. The molecule has 0 saturated heterocycles. The molecule has 108 valence electrons. The lowest BCUT2D eigenvalue weighted by atomic mass is 9.94. The van der Waals surface area contributed by atoms with Gasteiger partial charge in [-0.3, -0.25) is 0 Å². The molecule has 0 aliphatic heterocycles. The first-order valence-electron chi connectivity index (χ1n) is 7.60. The van der Waals surface area contributed by atoms with Crippen molar-refractivity contribution in [2.24, 2.45) is 0 Å². The molecule has 0 heterocycles. The molecule has 2 nitrogen and oxygen atoms in total. The van der Waals surface area contributed by atoms with Gasteiger partial charge in [-0.2, -0.15) is 0 Å². The summed E-state index contributed by atoms with van der Waals surface area (Å²) in [6.45, 7) is 5.38. The van der Waals surface area contributed by atoms with Crippen LogP contribution in [-0.4, -0.2) is 17.3 Å². The van der Waals surface area contributed by atoms with Crippen LogP contribution in [0, 0.1) is 0 Å². The average Bonchev–Trinajstić information content (AvgIpc) is 2.46. The Balaban J connectivity index is 2.29. The molecule has 1 aromatic rings. The number of benzene rings is 1. The van der Waals surface area contributed by atoms with E-state index < -0.39 is 0 Å². The van der Waals surface area contributed by atoms with Gasteiger partial charge in [-0.05, 0) is 18.9 Å². The Bertz CT molecular complexity index is 325. The highest BCUT2D eigenvalue weighted by molar-refractivity contribution is 5.14. The highest BCUT2D eigenvalue weighted by Gasteiger charge is 2.21. The summed E-state index contributed by atoms with van der Waals surface area (Å²) in [6.07, 6.45) is 7.43. The molecule has 0 aliphatic rings. The van der Waals surface area contributed by atoms with Gasteiger partial charge in [0, 0.05) is 12.1 Å². The molecule has 0 amide bonds. The molecule has 0 spiro atoms. The molecule has 0 radical (unpaired) electrons. The molecule has 2 heteroatoms. The number of unbranched alkanes of at least 4 members (excludes halogenated alkanes) is 4. The van der Waals surface area contributed by atoms with Crippen LogP contribution < -0.4 is 5.32 Å². The molecule has 1 unspecified atom stereocenters. The van der Waals surface area contributed by atoms with Gasteiger partial charge < -0.3 is 10.4 Å². The van der Waals surface area contributed by atoms with E-state index in [0.717, 1.165) is 13.0 Å². The third kappa shape index (κ3) is 6.74. The summed E-state index contributed by atoms with van der Waals surface area (Å²) in [5, 5.41) is 13.1. The summed E-state index contributed by atoms with van der Waals surface area (Å²) in [4.78, 5) is 0. The van der Waals surface area contributed by atoms with Gasteiger partial charge in [-0.15, -0.1) is 0 Å². The molecular formula is C17H29NO. The first kappa shape index (κ1) is 16.2. The number of hydrogen-bond donors (Lipinski definition) is 2. The van der Waals surface area contributed by atoms with Crippen molar-refractivity contribution in [1.82, 2.24) is 5.32 Å². The highest BCUT2D eigenvalue weighted by Crippen LogP contribution is 2.16. The van der Waals surface area contributed by atoms with Crippen molar-refractivity contribution >= 4 is 0 Å². The van der Waals surface area contributed by atoms with Gasteiger partial charge in [0.25, 0.3) is 0 Å². The summed E-state index contributed by atoms with van der Waals surface area (Å²) in [7, 11) is 0. The molecule has 0 bridgehead atoms. The summed E-state index contributed by atoms with van der Waals surface area (Å²) in [6, 6.07) is 10.4. The van der Waals surface area contributed by atoms with E-state index in [2.05, 4.69) is 43.4 Å². The second-order valence-electron chi connectivity index (χ2n) is 5.72. The van der Waals surface area contributed by atoms with Crippen LogP contribution in [0.15, 0.2) is 30.3 Å². The van der Waals surface area contributed by atoms with Gasteiger partial charge in [0.15, 0.2) is 0 Å². The number of hydrogen-bond acceptors (Lipinski definition) is 2. The normalized spacial score (nSPS) is 14.3. The van der Waals surface area contributed by atoms with Crippen molar-refractivity contribution in [1.29, 1.82) is 0 Å². The van der Waals surface area contributed by atoms with Gasteiger partial charge in [0.1, 0.15) is 0 Å². The zero-order valence-corrected chi connectivity index (χ0v) is 12.5. The lowest BCUT2D eigenvalue weighted by Gasteiger charge is -2.29. The molecular weight excluding hydrogens is 234 g/mol. The lowest BCUT2D eigenvalue weighted by molar-refractivity contribution is 0.161. The molecule has 0 fully saturated rings. The molecule has 1 atom stereocenters. The van der Waals surface area contributed by atoms with Crippen molar-refractivity contribution in [3.05, 3.63) is 35.9 Å². The summed E-state index contributed by atoms with van der Waals surface area (Å²) in [5.41, 5.74) is 1.12. The molecule has 2 N–H and O–H groups in total. The zero-order chi connectivity index (χ0) is 14.0. The summed E-state index contributed by atoms with van der Waals surface area (Å²) in [5.74, 6) is 0. The lowest BCUT2D eigenvalue weighted by Crippen LogP contribution is -2.45. The third-order valence-electron chi connectivity index (χ3n) is 3.74. The van der Waals surface area contributed by atoms with Crippen molar-refractivity contribution < 1.29 is 5.11 Å². The number of nitrogens with one attached hydrogen (secondary N) is 1. The van der Waals surface area contributed by atoms with Crippen molar-refractivity contribution in [2.45, 2.75) is 64.5 Å². The number of aliphatic hydroxyl groups excluding tert-OH is 1. The van der Waals surface area contributed by atoms with E-state index in [-0.39, 0.29) is 12.1 Å². The highest BCUT2D eigenvalue weighted by atomic mass is 16.3. The van der Waals surface area contributed by atoms with Gasteiger partial charge in [-0.25, -0.2) is 0 Å². The van der Waals surface area contributed by atoms with E-state index in [1.807, 2.05) is 6.07 Å². The molecule has 0 saturated carbocycles. The second kappa shape index (κ2) is 9.11. The van der Waals surface area contributed by atoms with Gasteiger partial charge in [-0.1, -0.05) is 69.4 Å². The number of aliphatic hydroxyl groups is 1. The minimum absolute atomic E-state index is 0.151. The van der Waals surface area contributed by atoms with E-state index in [0.29, 0.717) is 0 Å². The minimum atomic E-state index is -0.151. The van der Waals surface area contributed by atoms with Crippen molar-refractivity contribution in [3.63, 3.8) is 0 Å².